The van der Waals surface area contributed by atoms with Crippen LogP contribution < -0.4 is 0 Å². The Kier molecular flexibility index (Phi) is 3.29. The molecule has 94 valence electrons. The minimum atomic E-state index is 0.0685. The molecule has 0 radical (unpaired) electrons. The lowest BCUT2D eigenvalue weighted by Crippen LogP contribution is -2.04. The van der Waals surface area contributed by atoms with Gasteiger partial charge in [-0.3, -0.25) is 0 Å². The molecule has 19 heavy (non-hydrogen) atoms. The van der Waals surface area contributed by atoms with Gasteiger partial charge in [-0.25, -0.2) is 15.0 Å². The maximum Gasteiger partial charge on any atom is 0.257 e. The molecule has 8 nitrogen and oxygen atoms in total. The van der Waals surface area contributed by atoms with Crippen molar-refractivity contribution in [3.05, 3.63) is 36.4 Å². The van der Waals surface area contributed by atoms with Crippen molar-refractivity contribution in [1.29, 1.82) is 0 Å². The summed E-state index contributed by atoms with van der Waals surface area (Å²) in [5.41, 5.74) is 0. The summed E-state index contributed by atoms with van der Waals surface area (Å²) >= 11 is 7.04. The van der Waals surface area contributed by atoms with Crippen LogP contribution in [0.25, 0.3) is 5.95 Å². The zero-order valence-corrected chi connectivity index (χ0v) is 10.8. The highest BCUT2D eigenvalue weighted by atomic mass is 35.5. The third-order valence-electron chi connectivity index (χ3n) is 1.92. The Morgan fingerprint density at radius 1 is 1.05 bits per heavy atom. The highest BCUT2D eigenvalue weighted by molar-refractivity contribution is 7.99. The molecule has 3 rings (SSSR count). The van der Waals surface area contributed by atoms with Gasteiger partial charge in [0.2, 0.25) is 10.4 Å². The van der Waals surface area contributed by atoms with Crippen LogP contribution in [0, 0.1) is 0 Å². The number of hydrogen-bond donors (Lipinski definition) is 0. The molecule has 3 heterocycles. The monoisotopic (exact) mass is 292 g/mol. The van der Waals surface area contributed by atoms with Crippen molar-refractivity contribution in [3.63, 3.8) is 0 Å². The van der Waals surface area contributed by atoms with Crippen LogP contribution >= 0.6 is 23.4 Å². The molecule has 0 aliphatic rings. The van der Waals surface area contributed by atoms with Crippen molar-refractivity contribution in [2.75, 3.05) is 0 Å². The molecule has 0 saturated carbocycles. The molecule has 0 unspecified atom stereocenters. The largest absolute Gasteiger partial charge is 0.257 e. The van der Waals surface area contributed by atoms with Gasteiger partial charge in [0.1, 0.15) is 12.7 Å². The molecule has 3 aromatic heterocycles. The standard InChI is InChI=1S/C9H5ClN8S/c10-6-15-7(18-5-11-4-14-18)17-9(16-6)19-8-12-2-1-3-13-8/h1-5H. The molecule has 0 spiro atoms. The molecule has 0 aliphatic carbocycles. The summed E-state index contributed by atoms with van der Waals surface area (Å²) < 4.78 is 1.39. The second kappa shape index (κ2) is 5.24. The molecular formula is C9H5ClN8S. The predicted octanol–water partition coefficient (Wildman–Crippen LogP) is 1.05. The maximum absolute atomic E-state index is 5.86. The lowest BCUT2D eigenvalue weighted by molar-refractivity contribution is 0.756. The molecule has 0 bridgehead atoms. The van der Waals surface area contributed by atoms with Crippen LogP contribution in [0.1, 0.15) is 0 Å². The Balaban J connectivity index is 1.94. The topological polar surface area (TPSA) is 95.2 Å². The summed E-state index contributed by atoms with van der Waals surface area (Å²) in [6.07, 6.45) is 6.12. The summed E-state index contributed by atoms with van der Waals surface area (Å²) in [6.45, 7) is 0. The molecule has 0 amide bonds. The normalized spacial score (nSPS) is 10.6. The first-order valence-electron chi connectivity index (χ1n) is 5.03. The molecule has 0 N–H and O–H groups in total. The molecule has 0 fully saturated rings. The van der Waals surface area contributed by atoms with Crippen LogP contribution in [-0.4, -0.2) is 39.7 Å². The molecule has 0 saturated heterocycles. The van der Waals surface area contributed by atoms with E-state index in [9.17, 15) is 0 Å². The van der Waals surface area contributed by atoms with E-state index in [4.69, 9.17) is 11.6 Å². The minimum Gasteiger partial charge on any atom is -0.231 e. The molecule has 0 aliphatic heterocycles. The number of hydrogen-bond acceptors (Lipinski definition) is 8. The van der Waals surface area contributed by atoms with Crippen molar-refractivity contribution in [1.82, 2.24) is 39.7 Å². The van der Waals surface area contributed by atoms with Gasteiger partial charge in [0.25, 0.3) is 5.95 Å². The van der Waals surface area contributed by atoms with E-state index in [-0.39, 0.29) is 11.2 Å². The van der Waals surface area contributed by atoms with Crippen molar-refractivity contribution in [2.45, 2.75) is 10.3 Å². The second-order valence-electron chi connectivity index (χ2n) is 3.16. The van der Waals surface area contributed by atoms with Crippen LogP contribution in [0.5, 0.6) is 0 Å². The zero-order chi connectivity index (χ0) is 13.1. The zero-order valence-electron chi connectivity index (χ0n) is 9.25. The summed E-state index contributed by atoms with van der Waals surface area (Å²) in [5, 5.41) is 4.91. The molecule has 10 heteroatoms. The van der Waals surface area contributed by atoms with Gasteiger partial charge in [0.05, 0.1) is 0 Å². The molecule has 0 atom stereocenters. The number of rotatable bonds is 3. The van der Waals surface area contributed by atoms with E-state index in [0.717, 1.165) is 0 Å². The minimum absolute atomic E-state index is 0.0685. The van der Waals surface area contributed by atoms with Crippen molar-refractivity contribution < 1.29 is 0 Å². The van der Waals surface area contributed by atoms with Crippen LogP contribution in [0.2, 0.25) is 5.28 Å². The number of aromatic nitrogens is 8. The second-order valence-corrected chi connectivity index (χ2v) is 4.43. The Bertz CT molecular complexity index is 674. The van der Waals surface area contributed by atoms with Gasteiger partial charge >= 0.3 is 0 Å². The van der Waals surface area contributed by atoms with Gasteiger partial charge in [0, 0.05) is 12.4 Å². The third kappa shape index (κ3) is 2.83. The quantitative estimate of drug-likeness (QED) is 0.661. The van der Waals surface area contributed by atoms with E-state index >= 15 is 0 Å². The van der Waals surface area contributed by atoms with Crippen LogP contribution in [0.4, 0.5) is 0 Å². The average molecular weight is 293 g/mol. The first-order chi connectivity index (χ1) is 9.31. The average Bonchev–Trinajstić information content (AvgIpc) is 2.93. The van der Waals surface area contributed by atoms with E-state index < -0.39 is 0 Å². The fraction of sp³-hybridized carbons (Fsp3) is 0. The Morgan fingerprint density at radius 2 is 1.89 bits per heavy atom. The Hall–Kier alpha value is -2.13. The number of nitrogens with zero attached hydrogens (tertiary/aromatic N) is 8. The van der Waals surface area contributed by atoms with E-state index in [1.807, 2.05) is 0 Å². The van der Waals surface area contributed by atoms with Gasteiger partial charge in [-0.1, -0.05) is 0 Å². The maximum atomic E-state index is 5.86. The first-order valence-corrected chi connectivity index (χ1v) is 6.22. The van der Waals surface area contributed by atoms with Gasteiger partial charge < -0.3 is 0 Å². The van der Waals surface area contributed by atoms with E-state index in [2.05, 4.69) is 35.0 Å². The van der Waals surface area contributed by atoms with Gasteiger partial charge in [-0.2, -0.15) is 24.7 Å². The highest BCUT2D eigenvalue weighted by Crippen LogP contribution is 2.21. The third-order valence-corrected chi connectivity index (χ3v) is 2.85. The van der Waals surface area contributed by atoms with Gasteiger partial charge in [-0.15, -0.1) is 0 Å². The van der Waals surface area contributed by atoms with Crippen LogP contribution in [0.15, 0.2) is 41.4 Å². The Morgan fingerprint density at radius 3 is 2.63 bits per heavy atom. The van der Waals surface area contributed by atoms with E-state index in [0.29, 0.717) is 10.3 Å². The molecule has 3 aromatic rings. The lowest BCUT2D eigenvalue weighted by atomic mass is 10.7. The first kappa shape index (κ1) is 11.9. The highest BCUT2D eigenvalue weighted by Gasteiger charge is 2.10. The fourth-order valence-corrected chi connectivity index (χ4v) is 2.06. The van der Waals surface area contributed by atoms with Crippen molar-refractivity contribution in [2.24, 2.45) is 0 Å². The van der Waals surface area contributed by atoms with Crippen LogP contribution in [-0.2, 0) is 0 Å². The SMILES string of the molecule is Clc1nc(Sc2ncccn2)nc(-n2cncn2)n1. The fourth-order valence-electron chi connectivity index (χ4n) is 1.20. The van der Waals surface area contributed by atoms with E-state index in [1.165, 1.54) is 29.1 Å². The van der Waals surface area contributed by atoms with Crippen molar-refractivity contribution in [3.8, 4) is 5.95 Å². The summed E-state index contributed by atoms with van der Waals surface area (Å²) in [5.74, 6) is 0.288. The Labute approximate surface area is 116 Å². The summed E-state index contributed by atoms with van der Waals surface area (Å²) in [7, 11) is 0. The van der Waals surface area contributed by atoms with Gasteiger partial charge in [0.15, 0.2) is 5.16 Å². The number of halogens is 1. The predicted molar refractivity (Wildman–Crippen MR) is 65.9 cm³/mol. The summed E-state index contributed by atoms with van der Waals surface area (Å²) in [4.78, 5) is 24.1. The molecule has 0 aromatic carbocycles. The molecular weight excluding hydrogens is 288 g/mol. The van der Waals surface area contributed by atoms with Crippen LogP contribution in [0.3, 0.4) is 0 Å². The van der Waals surface area contributed by atoms with Gasteiger partial charge in [-0.05, 0) is 29.4 Å². The smallest absolute Gasteiger partial charge is 0.231 e. The lowest BCUT2D eigenvalue weighted by Gasteiger charge is -2.02. The van der Waals surface area contributed by atoms with E-state index in [1.54, 1.807) is 18.5 Å². The van der Waals surface area contributed by atoms with Crippen molar-refractivity contribution >= 4 is 23.4 Å². The summed E-state index contributed by atoms with van der Waals surface area (Å²) in [6, 6.07) is 1.73.